The molecule has 0 atom stereocenters. The van der Waals surface area contributed by atoms with E-state index in [0.29, 0.717) is 134 Å². The molecule has 39 heteroatoms. The molecule has 9 aromatic rings. The van der Waals surface area contributed by atoms with E-state index in [1.807, 2.05) is 30.3 Å². The Morgan fingerprint density at radius 3 is 0.950 bits per heavy atom. The Bertz CT molecular complexity index is 5130. The van der Waals surface area contributed by atoms with E-state index in [4.69, 9.17) is 137 Å². The van der Waals surface area contributed by atoms with Crippen LogP contribution >= 0.6 is 31.9 Å². The summed E-state index contributed by atoms with van der Waals surface area (Å²) in [7, 11) is 4.59. The van der Waals surface area contributed by atoms with Gasteiger partial charge < -0.3 is 151 Å². The molecule has 0 amide bonds. The molecule has 0 aromatic heterocycles. The fraction of sp³-hybridized carbons (Fsp3) is 0.337. The van der Waals surface area contributed by atoms with E-state index in [1.54, 1.807) is 143 Å². The molecule has 140 heavy (non-hydrogen) atoms. The van der Waals surface area contributed by atoms with Crippen molar-refractivity contribution in [2.24, 2.45) is 0 Å². The molecule has 0 spiro atoms. The van der Waals surface area contributed by atoms with Crippen LogP contribution in [0.25, 0.3) is 33.4 Å². The monoisotopic (exact) mass is 2080 g/mol. The number of phenolic OH excluding ortho intramolecular Hbond substituents is 3. The van der Waals surface area contributed by atoms with E-state index in [1.165, 1.54) is 46.5 Å². The Labute approximate surface area is 832 Å². The number of hydrogen-bond donors (Lipinski definition) is 12. The molecular formula is C101H127BBr2O36. The van der Waals surface area contributed by atoms with E-state index < -0.39 is 37.2 Å². The number of phenols is 3. The third kappa shape index (κ3) is 48.6. The smallest absolute Gasteiger partial charge is 0.508 e. The van der Waals surface area contributed by atoms with Crippen LogP contribution in [-0.2, 0) is 38.1 Å². The summed E-state index contributed by atoms with van der Waals surface area (Å²) < 4.78 is 102. The minimum Gasteiger partial charge on any atom is -0.508 e. The number of benzene rings is 9. The maximum atomic E-state index is 12.0. The Hall–Kier alpha value is -13.6. The van der Waals surface area contributed by atoms with Gasteiger partial charge in [0.2, 0.25) is 0 Å². The van der Waals surface area contributed by atoms with Crippen molar-refractivity contribution in [2.45, 2.75) is 67.2 Å². The van der Waals surface area contributed by atoms with E-state index in [-0.39, 0.29) is 141 Å². The summed E-state index contributed by atoms with van der Waals surface area (Å²) in [6.45, 7) is 27.3. The first-order valence-corrected chi connectivity index (χ1v) is 45.0. The van der Waals surface area contributed by atoms with Crippen LogP contribution in [0.3, 0.4) is 0 Å². The number of ether oxygens (including phenoxy) is 19. The molecule has 764 valence electrons. The SMILES string of the molecule is C=C(C)C(=O)O.C=C(C)C(=O)OCCOc1cc(OCCOC(=O)C(=C)C)cc(-c2ccc(OC(=O)C(=C)C)c(OC)c2)c1.CCCCOc1ccc(-c2cc(OCCO)cc(OCCO)c2)cc1OC.CCCCOc1ccc(B(O)O)cc1OC.COc1cc(-c2cc(OCCO)cc(OCCO)c2)ccc1O.O=C1OCCO1.OCCOc1cc(Br)cc(OCCO)c1.Oc1cc(O)cc(Br)c1.[HH]. The molecule has 1 aliphatic heterocycles. The summed E-state index contributed by atoms with van der Waals surface area (Å²) in [4.78, 5) is 54.5. The lowest BCUT2D eigenvalue weighted by molar-refractivity contribution is -0.140. The standard InChI is InChI=1S/C29H32O9.C21H28O6.C17H20O6.C11H17BO4.C10H13BrO4.C6H5BrO2.C4H6O2.C3H4O3.H2/c1-18(2)27(30)36-12-10-34-23-14-22(15-24(17-23)35-11-13-37-28(31)19(3)4)21-8-9-25(26(16-21)33-7)38-29(32)20(5)6;1-3-4-9-27-20-6-5-16(14-21(20)24-2)17-12-18(25-10-7-22)15-19(13-17)26-11-8-23;1-21-17-10-12(2-3-16(17)20)13-8-14(22-6-4-18)11-15(9-13)23-7-5-19;1-3-4-7-16-10-6-5-9(12(13)14)8-11(10)15-2;11-8-5-9(14-3-1-12)7-10(6-8)15-4-2-13;7-4-1-5(8)3-6(9)2-4;1-3(2)4(5)6;4-3-5-1-2-6-3;/h8-9,14-17H,1,3,5,10-13H2,2,4,6-7H3;5-6,12-15,22-23H,3-4,7-11H2,1-2H3;2-3,8-11,18-20H,4-7H2,1H3;5-6,8,13-14H,3-4,7H2,1-2H3;5-7,12-13H,1-4H2;1-3,8-9H;1H2,2H3,(H,5,6);1-2H2;1H. The highest BCUT2D eigenvalue weighted by Crippen LogP contribution is 2.40. The Kier molecular flexibility index (Phi) is 59.6. The zero-order chi connectivity index (χ0) is 104. The number of esters is 3. The highest BCUT2D eigenvalue weighted by atomic mass is 79.9. The Morgan fingerprint density at radius 1 is 0.350 bits per heavy atom. The number of aliphatic hydroxyl groups excluding tert-OH is 6. The first kappa shape index (κ1) is 121. The zero-order valence-corrected chi connectivity index (χ0v) is 83.1. The van der Waals surface area contributed by atoms with Crippen molar-refractivity contribution in [3.05, 3.63) is 221 Å². The third-order valence-electron chi connectivity index (χ3n) is 17.3. The van der Waals surface area contributed by atoms with Gasteiger partial charge in [-0.2, -0.15) is 0 Å². The molecule has 36 nitrogen and oxygen atoms in total. The number of unbranched alkanes of at least 4 members (excludes halogenated alkanes) is 2. The van der Waals surface area contributed by atoms with Gasteiger partial charge in [-0.3, -0.25) is 0 Å². The number of carbonyl (C=O) groups is 5. The number of carboxylic acid groups (broad SMARTS) is 1. The second-order valence-electron chi connectivity index (χ2n) is 28.8. The van der Waals surface area contributed by atoms with Gasteiger partial charge in [-0.15, -0.1) is 0 Å². The van der Waals surface area contributed by atoms with Crippen molar-refractivity contribution < 1.29 is 177 Å². The summed E-state index contributed by atoms with van der Waals surface area (Å²) >= 11 is 6.40. The summed E-state index contributed by atoms with van der Waals surface area (Å²) in [6.07, 6.45) is 3.55. The van der Waals surface area contributed by atoms with Crippen LogP contribution in [0.4, 0.5) is 4.79 Å². The fourth-order valence-corrected chi connectivity index (χ4v) is 11.6. The molecule has 1 aliphatic rings. The van der Waals surface area contributed by atoms with Crippen molar-refractivity contribution in [1.82, 2.24) is 0 Å². The number of rotatable bonds is 47. The number of carbonyl (C=O) groups excluding carboxylic acids is 4. The Balaban J connectivity index is 0.000000580. The molecule has 1 fully saturated rings. The molecule has 0 aliphatic carbocycles. The van der Waals surface area contributed by atoms with E-state index >= 15 is 0 Å². The predicted octanol–water partition coefficient (Wildman–Crippen LogP) is 14.6. The normalized spacial score (nSPS) is 10.5. The van der Waals surface area contributed by atoms with Crippen molar-refractivity contribution >= 4 is 74.5 Å². The number of aromatic hydroxyl groups is 3. The number of halogens is 2. The topological polar surface area (TPSA) is 503 Å². The van der Waals surface area contributed by atoms with Crippen LogP contribution in [-0.4, -0.2) is 259 Å². The van der Waals surface area contributed by atoms with E-state index in [2.05, 4.69) is 81.5 Å². The van der Waals surface area contributed by atoms with Gasteiger partial charge in [0.1, 0.15) is 137 Å². The van der Waals surface area contributed by atoms with Gasteiger partial charge in [-0.1, -0.05) is 109 Å². The van der Waals surface area contributed by atoms with E-state index in [0.717, 1.165) is 58.0 Å². The van der Waals surface area contributed by atoms with Crippen LogP contribution in [0.15, 0.2) is 221 Å². The molecule has 9 aromatic carbocycles. The summed E-state index contributed by atoms with van der Waals surface area (Å²) in [6, 6.07) is 46.1. The molecular weight excluding hydrogens is 1960 g/mol. The van der Waals surface area contributed by atoms with Gasteiger partial charge in [0.05, 0.1) is 81.3 Å². The van der Waals surface area contributed by atoms with Gasteiger partial charge >= 0.3 is 37.2 Å². The van der Waals surface area contributed by atoms with Gasteiger partial charge in [0.25, 0.3) is 0 Å². The van der Waals surface area contributed by atoms with E-state index in [9.17, 15) is 29.1 Å². The lowest BCUT2D eigenvalue weighted by atomic mass is 9.80. The zero-order valence-electron chi connectivity index (χ0n) is 79.9. The van der Waals surface area contributed by atoms with Crippen LogP contribution in [0.1, 0.15) is 68.7 Å². The molecule has 0 bridgehead atoms. The minimum atomic E-state index is -1.49. The second-order valence-corrected chi connectivity index (χ2v) is 30.7. The average molecular weight is 2090 g/mol. The highest BCUT2D eigenvalue weighted by molar-refractivity contribution is 9.10. The maximum absolute atomic E-state index is 12.0. The number of methoxy groups -OCH3 is 4. The number of carboxylic acids is 1. The van der Waals surface area contributed by atoms with Gasteiger partial charge in [-0.05, 0) is 189 Å². The highest BCUT2D eigenvalue weighted by Gasteiger charge is 2.20. The quantitative estimate of drug-likeness (QED) is 0.00421. The number of aliphatic hydroxyl groups is 6. The number of hydrogen-bond acceptors (Lipinski definition) is 35. The second kappa shape index (κ2) is 69.2. The molecule has 1 heterocycles. The predicted molar refractivity (Wildman–Crippen MR) is 533 cm³/mol. The molecule has 12 N–H and O–H groups in total. The van der Waals surface area contributed by atoms with Gasteiger partial charge in [0, 0.05) is 63.0 Å². The average Bonchev–Trinajstić information content (AvgIpc) is 1.39. The third-order valence-corrected chi connectivity index (χ3v) is 18.2. The lowest BCUT2D eigenvalue weighted by Gasteiger charge is -2.15. The first-order valence-electron chi connectivity index (χ1n) is 43.4. The van der Waals surface area contributed by atoms with Crippen molar-refractivity contribution in [1.29, 1.82) is 0 Å². The maximum Gasteiger partial charge on any atom is 0.508 e. The molecule has 1 saturated heterocycles. The van der Waals surface area contributed by atoms with Crippen molar-refractivity contribution in [3.63, 3.8) is 0 Å². The van der Waals surface area contributed by atoms with Gasteiger partial charge in [-0.25, -0.2) is 24.0 Å². The number of aliphatic carboxylic acids is 1. The summed E-state index contributed by atoms with van der Waals surface area (Å²) in [5, 5.41) is 106. The summed E-state index contributed by atoms with van der Waals surface area (Å²) in [5.41, 5.74) is 6.22. The molecule has 10 rings (SSSR count). The van der Waals surface area contributed by atoms with Crippen molar-refractivity contribution in [3.8, 4) is 137 Å². The first-order chi connectivity index (χ1) is 67.1. The number of cyclic esters (lactones) is 2. The lowest BCUT2D eigenvalue weighted by Crippen LogP contribution is -2.29. The molecule has 0 saturated carbocycles. The van der Waals surface area contributed by atoms with Crippen LogP contribution in [0.2, 0.25) is 0 Å². The molecule has 0 radical (unpaired) electrons. The van der Waals surface area contributed by atoms with Crippen LogP contribution in [0, 0.1) is 0 Å². The minimum absolute atomic E-state index is 0. The largest absolute Gasteiger partial charge is 0.508 e. The fourth-order valence-electron chi connectivity index (χ4n) is 10.6. The summed E-state index contributed by atoms with van der Waals surface area (Å²) in [5.74, 6) is 5.47. The van der Waals surface area contributed by atoms with Crippen LogP contribution < -0.4 is 76.5 Å². The Morgan fingerprint density at radius 2 is 0.650 bits per heavy atom. The van der Waals surface area contributed by atoms with Crippen LogP contribution in [0.5, 0.6) is 103 Å². The van der Waals surface area contributed by atoms with Crippen molar-refractivity contribution in [2.75, 3.05) is 161 Å². The van der Waals surface area contributed by atoms with Gasteiger partial charge in [0.15, 0.2) is 46.0 Å². The molecule has 0 unspecified atom stereocenters.